The summed E-state index contributed by atoms with van der Waals surface area (Å²) < 4.78 is 5.00. The molecule has 0 saturated carbocycles. The topological polar surface area (TPSA) is 72.5 Å². The SMILES string of the molecule is Cc1cccc(C(C)C)c1NC(=O)COC(=O)CCC(=O)c1ccccc1. The first-order valence-corrected chi connectivity index (χ1v) is 9.01. The van der Waals surface area contributed by atoms with E-state index in [0.29, 0.717) is 5.56 Å². The molecule has 0 radical (unpaired) electrons. The van der Waals surface area contributed by atoms with Crippen molar-refractivity contribution in [2.45, 2.75) is 39.5 Å². The van der Waals surface area contributed by atoms with E-state index in [9.17, 15) is 14.4 Å². The quantitative estimate of drug-likeness (QED) is 0.559. The van der Waals surface area contributed by atoms with Gasteiger partial charge < -0.3 is 10.1 Å². The zero-order valence-corrected chi connectivity index (χ0v) is 16.0. The minimum Gasteiger partial charge on any atom is -0.456 e. The van der Waals surface area contributed by atoms with Crippen LogP contribution in [0.1, 0.15) is 54.1 Å². The number of carbonyl (C=O) groups excluding carboxylic acids is 3. The van der Waals surface area contributed by atoms with Crippen molar-refractivity contribution in [3.05, 3.63) is 65.2 Å². The standard InChI is InChI=1S/C22H25NO4/c1-15(2)18-11-7-8-16(3)22(18)23-20(25)14-27-21(26)13-12-19(24)17-9-5-4-6-10-17/h4-11,15H,12-14H2,1-3H3,(H,23,25). The van der Waals surface area contributed by atoms with E-state index in [4.69, 9.17) is 4.74 Å². The number of ether oxygens (including phenoxy) is 1. The number of Topliss-reactive ketones (excluding diaryl/α,β-unsaturated/α-hetero) is 1. The second-order valence-corrected chi connectivity index (χ2v) is 6.69. The molecule has 0 aromatic heterocycles. The van der Waals surface area contributed by atoms with Crippen molar-refractivity contribution in [1.29, 1.82) is 0 Å². The number of benzene rings is 2. The normalized spacial score (nSPS) is 10.5. The van der Waals surface area contributed by atoms with E-state index in [1.54, 1.807) is 24.3 Å². The Morgan fingerprint density at radius 2 is 1.67 bits per heavy atom. The van der Waals surface area contributed by atoms with Crippen molar-refractivity contribution in [3.8, 4) is 0 Å². The number of ketones is 1. The van der Waals surface area contributed by atoms with Gasteiger partial charge in [0.15, 0.2) is 12.4 Å². The van der Waals surface area contributed by atoms with Crippen LogP contribution in [0, 0.1) is 6.92 Å². The van der Waals surface area contributed by atoms with Gasteiger partial charge in [0.2, 0.25) is 0 Å². The van der Waals surface area contributed by atoms with Gasteiger partial charge >= 0.3 is 5.97 Å². The average molecular weight is 367 g/mol. The smallest absolute Gasteiger partial charge is 0.306 e. The molecule has 0 spiro atoms. The number of hydrogen-bond donors (Lipinski definition) is 1. The number of rotatable bonds is 8. The molecule has 0 saturated heterocycles. The Morgan fingerprint density at radius 3 is 2.33 bits per heavy atom. The fourth-order valence-electron chi connectivity index (χ4n) is 2.72. The summed E-state index contributed by atoms with van der Waals surface area (Å²) in [7, 11) is 0. The van der Waals surface area contributed by atoms with E-state index in [2.05, 4.69) is 5.32 Å². The molecule has 0 aliphatic carbocycles. The van der Waals surface area contributed by atoms with E-state index in [0.717, 1.165) is 16.8 Å². The van der Waals surface area contributed by atoms with Crippen LogP contribution in [0.2, 0.25) is 0 Å². The summed E-state index contributed by atoms with van der Waals surface area (Å²) in [6.45, 7) is 5.65. The fraction of sp³-hybridized carbons (Fsp3) is 0.318. The van der Waals surface area contributed by atoms with E-state index < -0.39 is 11.9 Å². The summed E-state index contributed by atoms with van der Waals surface area (Å²) in [5.74, 6) is -0.831. The maximum Gasteiger partial charge on any atom is 0.306 e. The molecule has 0 fully saturated rings. The van der Waals surface area contributed by atoms with Crippen molar-refractivity contribution in [2.24, 2.45) is 0 Å². The van der Waals surface area contributed by atoms with Crippen LogP contribution in [0.4, 0.5) is 5.69 Å². The molecule has 5 heteroatoms. The van der Waals surface area contributed by atoms with E-state index in [1.807, 2.05) is 45.0 Å². The van der Waals surface area contributed by atoms with Crippen LogP contribution in [0.15, 0.2) is 48.5 Å². The lowest BCUT2D eigenvalue weighted by atomic mass is 9.98. The zero-order chi connectivity index (χ0) is 19.8. The molecule has 0 heterocycles. The van der Waals surface area contributed by atoms with Gasteiger partial charge in [-0.25, -0.2) is 0 Å². The van der Waals surface area contributed by atoms with Crippen molar-refractivity contribution >= 4 is 23.3 Å². The monoisotopic (exact) mass is 367 g/mol. The minimum atomic E-state index is -0.566. The van der Waals surface area contributed by atoms with Crippen molar-refractivity contribution in [2.75, 3.05) is 11.9 Å². The summed E-state index contributed by atoms with van der Waals surface area (Å²) >= 11 is 0. The number of para-hydroxylation sites is 1. The van der Waals surface area contributed by atoms with Gasteiger partial charge in [0.05, 0.1) is 6.42 Å². The third kappa shape index (κ3) is 6.06. The molecule has 1 N–H and O–H groups in total. The Balaban J connectivity index is 1.82. The molecule has 5 nitrogen and oxygen atoms in total. The molecule has 142 valence electrons. The molecule has 1 amide bonds. The molecular weight excluding hydrogens is 342 g/mol. The van der Waals surface area contributed by atoms with Crippen LogP contribution in [0.25, 0.3) is 0 Å². The molecule has 2 aromatic carbocycles. The van der Waals surface area contributed by atoms with Gasteiger partial charge in [-0.05, 0) is 24.0 Å². The van der Waals surface area contributed by atoms with E-state index in [-0.39, 0.29) is 31.1 Å². The number of aryl methyl sites for hydroxylation is 1. The Labute approximate surface area is 159 Å². The van der Waals surface area contributed by atoms with Crippen molar-refractivity contribution in [1.82, 2.24) is 0 Å². The van der Waals surface area contributed by atoms with E-state index in [1.165, 1.54) is 0 Å². The largest absolute Gasteiger partial charge is 0.456 e. The minimum absolute atomic E-state index is 0.0530. The molecule has 0 bridgehead atoms. The zero-order valence-electron chi connectivity index (χ0n) is 16.0. The average Bonchev–Trinajstić information content (AvgIpc) is 2.66. The summed E-state index contributed by atoms with van der Waals surface area (Å²) in [4.78, 5) is 36.0. The maximum atomic E-state index is 12.1. The fourth-order valence-corrected chi connectivity index (χ4v) is 2.72. The first kappa shape index (κ1) is 20.4. The van der Waals surface area contributed by atoms with Crippen molar-refractivity contribution in [3.63, 3.8) is 0 Å². The Hall–Kier alpha value is -2.95. The highest BCUT2D eigenvalue weighted by molar-refractivity contribution is 5.98. The van der Waals surface area contributed by atoms with Gasteiger partial charge in [-0.1, -0.05) is 62.4 Å². The number of esters is 1. The molecular formula is C22H25NO4. The van der Waals surface area contributed by atoms with Gasteiger partial charge in [-0.15, -0.1) is 0 Å². The van der Waals surface area contributed by atoms with Crippen LogP contribution in [-0.2, 0) is 14.3 Å². The van der Waals surface area contributed by atoms with Crippen molar-refractivity contribution < 1.29 is 19.1 Å². The Bertz CT molecular complexity index is 812. The molecule has 0 atom stereocenters. The molecule has 0 aliphatic heterocycles. The van der Waals surface area contributed by atoms with E-state index >= 15 is 0 Å². The number of nitrogens with one attached hydrogen (secondary N) is 1. The van der Waals surface area contributed by atoms with Crippen LogP contribution in [0.3, 0.4) is 0 Å². The predicted molar refractivity (Wildman–Crippen MR) is 105 cm³/mol. The highest BCUT2D eigenvalue weighted by atomic mass is 16.5. The second kappa shape index (κ2) is 9.67. The summed E-state index contributed by atoms with van der Waals surface area (Å²) in [5, 5.41) is 2.82. The lowest BCUT2D eigenvalue weighted by molar-refractivity contribution is -0.147. The first-order chi connectivity index (χ1) is 12.9. The van der Waals surface area contributed by atoms with Gasteiger partial charge in [0.25, 0.3) is 5.91 Å². The third-order valence-corrected chi connectivity index (χ3v) is 4.21. The van der Waals surface area contributed by atoms with Crippen LogP contribution in [0.5, 0.6) is 0 Å². The first-order valence-electron chi connectivity index (χ1n) is 9.01. The number of hydrogen-bond acceptors (Lipinski definition) is 4. The van der Waals surface area contributed by atoms with Gasteiger partial charge in [-0.3, -0.25) is 14.4 Å². The number of amides is 1. The lowest BCUT2D eigenvalue weighted by Crippen LogP contribution is -2.22. The van der Waals surface area contributed by atoms with Crippen LogP contribution >= 0.6 is 0 Å². The number of carbonyl (C=O) groups is 3. The van der Waals surface area contributed by atoms with Gasteiger partial charge in [0, 0.05) is 17.7 Å². The summed E-state index contributed by atoms with van der Waals surface area (Å²) in [6.07, 6.45) is 0.00235. The lowest BCUT2D eigenvalue weighted by Gasteiger charge is -2.16. The summed E-state index contributed by atoms with van der Waals surface area (Å²) in [5.41, 5.74) is 3.30. The van der Waals surface area contributed by atoms with Crippen LogP contribution < -0.4 is 5.32 Å². The molecule has 0 unspecified atom stereocenters. The number of anilines is 1. The molecule has 2 rings (SSSR count). The Morgan fingerprint density at radius 1 is 0.963 bits per heavy atom. The van der Waals surface area contributed by atoms with Crippen LogP contribution in [-0.4, -0.2) is 24.3 Å². The molecule has 0 aliphatic rings. The summed E-state index contributed by atoms with van der Waals surface area (Å²) in [6, 6.07) is 14.6. The van der Waals surface area contributed by atoms with Gasteiger partial charge in [0.1, 0.15) is 0 Å². The second-order valence-electron chi connectivity index (χ2n) is 6.69. The highest BCUT2D eigenvalue weighted by Crippen LogP contribution is 2.27. The maximum absolute atomic E-state index is 12.1. The molecule has 27 heavy (non-hydrogen) atoms. The highest BCUT2D eigenvalue weighted by Gasteiger charge is 2.14. The predicted octanol–water partition coefficient (Wildman–Crippen LogP) is 4.26. The molecule has 2 aromatic rings. The third-order valence-electron chi connectivity index (χ3n) is 4.21. The Kier molecular flexibility index (Phi) is 7.29. The van der Waals surface area contributed by atoms with Gasteiger partial charge in [-0.2, -0.15) is 0 Å².